The van der Waals surface area contributed by atoms with E-state index in [1.165, 1.54) is 16.3 Å². The second kappa shape index (κ2) is 8.71. The smallest absolute Gasteiger partial charge is 0.321 e. The number of piperazine rings is 1. The van der Waals surface area contributed by atoms with E-state index in [1.54, 1.807) is 0 Å². The number of nitrogens with one attached hydrogen (secondary N) is 2. The number of imide groups is 1. The first kappa shape index (κ1) is 20.3. The zero-order valence-electron chi connectivity index (χ0n) is 17.0. The van der Waals surface area contributed by atoms with E-state index in [2.05, 4.69) is 62.9 Å². The lowest BCUT2D eigenvalue weighted by Gasteiger charge is -2.34. The Morgan fingerprint density at radius 2 is 1.57 bits per heavy atom. The normalized spacial score (nSPS) is 16.1. The Morgan fingerprint density at radius 1 is 0.929 bits per heavy atom. The fraction of sp³-hybridized carbons (Fsp3) is 0.455. The van der Waals surface area contributed by atoms with Crippen molar-refractivity contribution in [2.45, 2.75) is 32.9 Å². The second-order valence-electron chi connectivity index (χ2n) is 8.44. The lowest BCUT2D eigenvalue weighted by atomic mass is 10.0. The third-order valence-corrected chi connectivity index (χ3v) is 4.85. The highest BCUT2D eigenvalue weighted by molar-refractivity contribution is 5.95. The van der Waals surface area contributed by atoms with Crippen molar-refractivity contribution in [1.82, 2.24) is 20.4 Å². The van der Waals surface area contributed by atoms with Crippen LogP contribution >= 0.6 is 0 Å². The van der Waals surface area contributed by atoms with Gasteiger partial charge in [0.15, 0.2) is 0 Å². The number of amides is 3. The van der Waals surface area contributed by atoms with Gasteiger partial charge in [0, 0.05) is 38.3 Å². The standard InChI is InChI=1S/C22H30N4O2/c1-22(2,3)24-21(28)23-20(27)16-26-13-11-25(12-14-26)15-18-9-6-8-17-7-4-5-10-19(17)18/h4-10H,11-16H2,1-3H3,(H2,23,24,27,28). The fourth-order valence-electron chi connectivity index (χ4n) is 3.52. The topological polar surface area (TPSA) is 64.7 Å². The molecule has 1 aliphatic heterocycles. The summed E-state index contributed by atoms with van der Waals surface area (Å²) in [5.41, 5.74) is 0.973. The van der Waals surface area contributed by atoms with Gasteiger partial charge in [0.2, 0.25) is 5.91 Å². The van der Waals surface area contributed by atoms with Crippen molar-refractivity contribution in [3.05, 3.63) is 48.0 Å². The zero-order valence-corrected chi connectivity index (χ0v) is 17.0. The van der Waals surface area contributed by atoms with E-state index in [0.29, 0.717) is 0 Å². The van der Waals surface area contributed by atoms with Gasteiger partial charge in [-0.3, -0.25) is 19.9 Å². The Bertz CT molecular complexity index is 831. The van der Waals surface area contributed by atoms with E-state index < -0.39 is 6.03 Å². The molecule has 0 aliphatic carbocycles. The van der Waals surface area contributed by atoms with Crippen molar-refractivity contribution in [3.8, 4) is 0 Å². The van der Waals surface area contributed by atoms with Crippen molar-refractivity contribution in [2.75, 3.05) is 32.7 Å². The molecule has 0 bridgehead atoms. The van der Waals surface area contributed by atoms with Crippen LogP contribution in [-0.4, -0.2) is 60.0 Å². The average Bonchev–Trinajstić information content (AvgIpc) is 2.62. The number of fused-ring (bicyclic) bond motifs is 1. The Balaban J connectivity index is 1.47. The highest BCUT2D eigenvalue weighted by Crippen LogP contribution is 2.20. The first-order valence-corrected chi connectivity index (χ1v) is 9.83. The maximum Gasteiger partial charge on any atom is 0.321 e. The maximum absolute atomic E-state index is 12.1. The van der Waals surface area contributed by atoms with Crippen LogP contribution in [0.1, 0.15) is 26.3 Å². The summed E-state index contributed by atoms with van der Waals surface area (Å²) in [5, 5.41) is 7.72. The number of benzene rings is 2. The zero-order chi connectivity index (χ0) is 20.1. The number of hydrogen-bond donors (Lipinski definition) is 2. The van der Waals surface area contributed by atoms with Crippen molar-refractivity contribution < 1.29 is 9.59 Å². The lowest BCUT2D eigenvalue weighted by molar-refractivity contribution is -0.121. The number of hydrogen-bond acceptors (Lipinski definition) is 4. The molecule has 2 aromatic rings. The molecule has 1 saturated heterocycles. The van der Waals surface area contributed by atoms with Gasteiger partial charge in [-0.2, -0.15) is 0 Å². The molecule has 0 radical (unpaired) electrons. The first-order chi connectivity index (χ1) is 13.3. The van der Waals surface area contributed by atoms with E-state index in [-0.39, 0.29) is 18.0 Å². The molecular formula is C22H30N4O2. The summed E-state index contributed by atoms with van der Waals surface area (Å²) < 4.78 is 0. The van der Waals surface area contributed by atoms with Gasteiger partial charge in [0.25, 0.3) is 0 Å². The molecule has 3 rings (SSSR count). The predicted octanol–water partition coefficient (Wildman–Crippen LogP) is 2.58. The van der Waals surface area contributed by atoms with E-state index in [9.17, 15) is 9.59 Å². The van der Waals surface area contributed by atoms with E-state index in [4.69, 9.17) is 0 Å². The molecular weight excluding hydrogens is 352 g/mol. The quantitative estimate of drug-likeness (QED) is 0.853. The number of rotatable bonds is 4. The predicted molar refractivity (Wildman–Crippen MR) is 112 cm³/mol. The van der Waals surface area contributed by atoms with Crippen LogP contribution in [0.25, 0.3) is 10.8 Å². The molecule has 28 heavy (non-hydrogen) atoms. The Kier molecular flexibility index (Phi) is 6.31. The highest BCUT2D eigenvalue weighted by Gasteiger charge is 2.21. The van der Waals surface area contributed by atoms with Crippen LogP contribution in [0.3, 0.4) is 0 Å². The summed E-state index contributed by atoms with van der Waals surface area (Å²) in [5.74, 6) is -0.260. The summed E-state index contributed by atoms with van der Waals surface area (Å²) in [6.07, 6.45) is 0. The van der Waals surface area contributed by atoms with Crippen molar-refractivity contribution >= 4 is 22.7 Å². The van der Waals surface area contributed by atoms with Gasteiger partial charge in [-0.1, -0.05) is 42.5 Å². The van der Waals surface area contributed by atoms with E-state index in [0.717, 1.165) is 32.7 Å². The molecule has 150 valence electrons. The van der Waals surface area contributed by atoms with Crippen LogP contribution in [0.4, 0.5) is 4.79 Å². The minimum atomic E-state index is -0.438. The fourth-order valence-corrected chi connectivity index (χ4v) is 3.52. The van der Waals surface area contributed by atoms with Crippen molar-refractivity contribution in [1.29, 1.82) is 0 Å². The largest absolute Gasteiger partial charge is 0.333 e. The molecule has 0 atom stereocenters. The monoisotopic (exact) mass is 382 g/mol. The van der Waals surface area contributed by atoms with Crippen LogP contribution in [0.15, 0.2) is 42.5 Å². The van der Waals surface area contributed by atoms with Gasteiger partial charge >= 0.3 is 6.03 Å². The summed E-state index contributed by atoms with van der Waals surface area (Å²) in [6, 6.07) is 14.5. The average molecular weight is 383 g/mol. The Morgan fingerprint density at radius 3 is 2.29 bits per heavy atom. The first-order valence-electron chi connectivity index (χ1n) is 9.83. The minimum Gasteiger partial charge on any atom is -0.333 e. The van der Waals surface area contributed by atoms with Gasteiger partial charge in [-0.25, -0.2) is 4.79 Å². The molecule has 0 aromatic heterocycles. The maximum atomic E-state index is 12.1. The molecule has 0 spiro atoms. The molecule has 3 amide bonds. The van der Waals surface area contributed by atoms with Crippen LogP contribution in [0.2, 0.25) is 0 Å². The third kappa shape index (κ3) is 5.78. The van der Waals surface area contributed by atoms with Gasteiger partial charge < -0.3 is 5.32 Å². The van der Waals surface area contributed by atoms with E-state index >= 15 is 0 Å². The molecule has 0 saturated carbocycles. The van der Waals surface area contributed by atoms with Crippen molar-refractivity contribution in [3.63, 3.8) is 0 Å². The van der Waals surface area contributed by atoms with Gasteiger partial charge in [-0.05, 0) is 37.1 Å². The van der Waals surface area contributed by atoms with Crippen LogP contribution in [0, 0.1) is 0 Å². The van der Waals surface area contributed by atoms with Crippen LogP contribution in [0.5, 0.6) is 0 Å². The van der Waals surface area contributed by atoms with Gasteiger partial charge in [-0.15, -0.1) is 0 Å². The Labute approximate surface area is 166 Å². The SMILES string of the molecule is CC(C)(C)NC(=O)NC(=O)CN1CCN(Cc2cccc3ccccc23)CC1. The number of carbonyl (C=O) groups excluding carboxylic acids is 2. The summed E-state index contributed by atoms with van der Waals surface area (Å²) in [6.45, 7) is 10.3. The number of urea groups is 1. The summed E-state index contributed by atoms with van der Waals surface area (Å²) >= 11 is 0. The van der Waals surface area contributed by atoms with Crippen LogP contribution < -0.4 is 10.6 Å². The molecule has 1 fully saturated rings. The molecule has 2 aromatic carbocycles. The van der Waals surface area contributed by atoms with Gasteiger partial charge in [0.1, 0.15) is 0 Å². The summed E-state index contributed by atoms with van der Waals surface area (Å²) in [7, 11) is 0. The molecule has 0 unspecified atom stereocenters. The number of carbonyl (C=O) groups is 2. The molecule has 1 aliphatic rings. The number of nitrogens with zero attached hydrogens (tertiary/aromatic N) is 2. The lowest BCUT2D eigenvalue weighted by Crippen LogP contribution is -2.52. The molecule has 6 heteroatoms. The third-order valence-electron chi connectivity index (χ3n) is 4.85. The van der Waals surface area contributed by atoms with Crippen molar-refractivity contribution in [2.24, 2.45) is 0 Å². The second-order valence-corrected chi connectivity index (χ2v) is 8.44. The summed E-state index contributed by atoms with van der Waals surface area (Å²) in [4.78, 5) is 28.4. The van der Waals surface area contributed by atoms with Crippen LogP contribution in [-0.2, 0) is 11.3 Å². The highest BCUT2D eigenvalue weighted by atomic mass is 16.2. The molecule has 1 heterocycles. The minimum absolute atomic E-state index is 0.250. The molecule has 2 N–H and O–H groups in total. The van der Waals surface area contributed by atoms with Gasteiger partial charge in [0.05, 0.1) is 6.54 Å². The Hall–Kier alpha value is -2.44. The molecule has 6 nitrogen and oxygen atoms in total. The van der Waals surface area contributed by atoms with E-state index in [1.807, 2.05) is 20.8 Å².